The normalized spacial score (nSPS) is 17.8. The van der Waals surface area contributed by atoms with Crippen LogP contribution in [0.2, 0.25) is 0 Å². The number of aromatic nitrogens is 2. The molecule has 2 heterocycles. The molecule has 1 saturated heterocycles. The Hall–Kier alpha value is -5.69. The van der Waals surface area contributed by atoms with Crippen molar-refractivity contribution in [3.05, 3.63) is 148 Å². The lowest BCUT2D eigenvalue weighted by atomic mass is 9.80. The average molecular weight is 950 g/mol. The van der Waals surface area contributed by atoms with Gasteiger partial charge in [-0.1, -0.05) is 87.5 Å². The van der Waals surface area contributed by atoms with E-state index in [0.29, 0.717) is 17.2 Å². The van der Waals surface area contributed by atoms with Crippen LogP contribution in [-0.4, -0.2) is 91.7 Å². The van der Waals surface area contributed by atoms with Gasteiger partial charge in [0.05, 0.1) is 39.9 Å². The second kappa shape index (κ2) is 23.6. The summed E-state index contributed by atoms with van der Waals surface area (Å²) in [6.07, 6.45) is -2.09. The molecule has 362 valence electrons. The largest absolute Gasteiger partial charge is 0.497 e. The van der Waals surface area contributed by atoms with Crippen LogP contribution >= 0.6 is 8.53 Å². The van der Waals surface area contributed by atoms with Gasteiger partial charge in [-0.05, 0) is 97.8 Å². The number of ether oxygens (including phenoxy) is 6. The smallest absolute Gasteiger partial charge is 0.351 e. The Balaban J connectivity index is 1.36. The minimum absolute atomic E-state index is 0.0122. The van der Waals surface area contributed by atoms with Gasteiger partial charge in [-0.25, -0.2) is 9.46 Å². The highest BCUT2D eigenvalue weighted by molar-refractivity contribution is 7.44. The summed E-state index contributed by atoms with van der Waals surface area (Å²) in [7, 11) is 2.93. The molecule has 0 radical (unpaired) electrons. The Morgan fingerprint density at radius 3 is 1.88 bits per heavy atom. The summed E-state index contributed by atoms with van der Waals surface area (Å²) in [4.78, 5) is 31.3. The molecular weight excluding hydrogens is 886 g/mol. The molecule has 1 aliphatic rings. The molecule has 68 heavy (non-hydrogen) atoms. The van der Waals surface area contributed by atoms with Crippen LogP contribution in [0.25, 0.3) is 0 Å². The van der Waals surface area contributed by atoms with E-state index in [9.17, 15) is 14.9 Å². The number of nitriles is 1. The van der Waals surface area contributed by atoms with Gasteiger partial charge in [0, 0.05) is 25.4 Å². The average Bonchev–Trinajstić information content (AvgIpc) is 3.67. The fourth-order valence-corrected chi connectivity index (χ4v) is 9.95. The lowest BCUT2D eigenvalue weighted by Gasteiger charge is -2.39. The van der Waals surface area contributed by atoms with Gasteiger partial charge in [-0.15, -0.1) is 0 Å². The Morgan fingerprint density at radius 1 is 0.809 bits per heavy atom. The van der Waals surface area contributed by atoms with Crippen LogP contribution in [0.1, 0.15) is 83.4 Å². The van der Waals surface area contributed by atoms with Crippen LogP contribution in [0.5, 0.6) is 17.2 Å². The number of benzene rings is 4. The maximum absolute atomic E-state index is 14.0. The molecule has 1 aromatic heterocycles. The van der Waals surface area contributed by atoms with Gasteiger partial charge in [0.15, 0.2) is 12.8 Å². The standard InChI is InChI=1S/C52H64N5O10P/c1-35(2)57(36(3)4)68(65-32-14-30-53)67-47-44(33-64-52(38-15-12-11-13-16-38,39-19-23-41(60-8)24-20-39)40-21-25-42(61-9)26-22-40)66-49(48(47)62-10)56-31-29-45(55-50(56)59)54-46(58)34-63-43-27-17-37(18-28-43)51(5,6)7/h11-13,15-29,31,35-36,44,47-49H,14,32-34H2,1-10H3,(H,54,55,58,59). The Kier molecular flexibility index (Phi) is 17.9. The molecule has 0 spiro atoms. The summed E-state index contributed by atoms with van der Waals surface area (Å²) in [6, 6.07) is 36.5. The predicted octanol–water partition coefficient (Wildman–Crippen LogP) is 9.16. The van der Waals surface area contributed by atoms with Gasteiger partial charge in [-0.2, -0.15) is 10.2 Å². The van der Waals surface area contributed by atoms with Crippen molar-refractivity contribution < 1.29 is 42.3 Å². The Labute approximate surface area is 401 Å². The van der Waals surface area contributed by atoms with Gasteiger partial charge in [0.1, 0.15) is 47.0 Å². The Bertz CT molecular complexity index is 2420. The molecule has 1 fully saturated rings. The molecule has 16 heteroatoms. The zero-order chi connectivity index (χ0) is 49.0. The molecule has 1 amide bonds. The summed E-state index contributed by atoms with van der Waals surface area (Å²) in [5, 5.41) is 12.1. The van der Waals surface area contributed by atoms with Crippen LogP contribution in [0, 0.1) is 11.3 Å². The quantitative estimate of drug-likeness (QED) is 0.0397. The zero-order valence-corrected chi connectivity index (χ0v) is 41.5. The van der Waals surface area contributed by atoms with E-state index in [1.165, 1.54) is 23.9 Å². The van der Waals surface area contributed by atoms with Crippen molar-refractivity contribution in [3.8, 4) is 23.3 Å². The minimum atomic E-state index is -1.83. The molecule has 0 bridgehead atoms. The molecule has 4 aromatic carbocycles. The fraction of sp³-hybridized carbons (Fsp3) is 0.423. The van der Waals surface area contributed by atoms with Crippen molar-refractivity contribution in [1.29, 1.82) is 5.26 Å². The first kappa shape index (κ1) is 51.7. The summed E-state index contributed by atoms with van der Waals surface area (Å²) in [5.41, 5.74) is 1.63. The van der Waals surface area contributed by atoms with Crippen molar-refractivity contribution in [2.75, 3.05) is 46.5 Å². The van der Waals surface area contributed by atoms with Crippen molar-refractivity contribution in [3.63, 3.8) is 0 Å². The SMILES string of the molecule is COc1ccc(C(OCC2OC(n3ccc(NC(=O)COc4ccc(C(C)(C)C)cc4)nc3=O)C(OC)C2OP(OCCC#N)N(C(C)C)C(C)C)(c2ccccc2)c2ccc(OC)cc2)cc1. The van der Waals surface area contributed by atoms with Gasteiger partial charge in [-0.3, -0.25) is 9.36 Å². The molecule has 0 aliphatic carbocycles. The molecular formula is C52H64N5O10P. The van der Waals surface area contributed by atoms with E-state index in [-0.39, 0.29) is 49.6 Å². The van der Waals surface area contributed by atoms with Crippen LogP contribution < -0.4 is 25.2 Å². The van der Waals surface area contributed by atoms with Crippen molar-refractivity contribution in [2.45, 2.75) is 103 Å². The van der Waals surface area contributed by atoms with Crippen molar-refractivity contribution in [2.24, 2.45) is 0 Å². The van der Waals surface area contributed by atoms with Gasteiger partial charge >= 0.3 is 5.69 Å². The zero-order valence-electron chi connectivity index (χ0n) is 40.6. The monoisotopic (exact) mass is 949 g/mol. The summed E-state index contributed by atoms with van der Waals surface area (Å²) < 4.78 is 54.1. The van der Waals surface area contributed by atoms with E-state index in [0.717, 1.165) is 22.3 Å². The minimum Gasteiger partial charge on any atom is -0.497 e. The maximum atomic E-state index is 14.0. The third-order valence-electron chi connectivity index (χ3n) is 11.5. The van der Waals surface area contributed by atoms with E-state index >= 15 is 0 Å². The number of amides is 1. The van der Waals surface area contributed by atoms with Crippen LogP contribution in [0.4, 0.5) is 5.82 Å². The summed E-state index contributed by atoms with van der Waals surface area (Å²) in [5.74, 6) is 1.43. The molecule has 1 aliphatic heterocycles. The number of nitrogens with one attached hydrogen (secondary N) is 1. The molecule has 5 unspecified atom stereocenters. The first-order chi connectivity index (χ1) is 32.6. The highest BCUT2D eigenvalue weighted by Crippen LogP contribution is 2.51. The topological polar surface area (TPSA) is 165 Å². The number of hydrogen-bond acceptors (Lipinski definition) is 13. The van der Waals surface area contributed by atoms with E-state index in [2.05, 4.69) is 69.5 Å². The van der Waals surface area contributed by atoms with E-state index in [1.54, 1.807) is 14.2 Å². The number of rotatable bonds is 22. The highest BCUT2D eigenvalue weighted by atomic mass is 31.2. The highest BCUT2D eigenvalue weighted by Gasteiger charge is 2.51. The van der Waals surface area contributed by atoms with Crippen molar-refractivity contribution >= 4 is 20.3 Å². The first-order valence-corrected chi connectivity index (χ1v) is 23.8. The molecule has 15 nitrogen and oxygen atoms in total. The van der Waals surface area contributed by atoms with Gasteiger partial charge in [0.2, 0.25) is 0 Å². The van der Waals surface area contributed by atoms with Crippen molar-refractivity contribution in [1.82, 2.24) is 14.2 Å². The van der Waals surface area contributed by atoms with E-state index in [1.807, 2.05) is 103 Å². The fourth-order valence-electron chi connectivity index (χ4n) is 8.18. The second-order valence-corrected chi connectivity index (χ2v) is 19.2. The van der Waals surface area contributed by atoms with Gasteiger partial charge < -0.3 is 42.8 Å². The van der Waals surface area contributed by atoms with E-state index < -0.39 is 50.3 Å². The van der Waals surface area contributed by atoms with E-state index in [4.69, 9.17) is 37.5 Å². The lowest BCUT2D eigenvalue weighted by molar-refractivity contribution is -0.118. The number of carbonyl (C=O) groups excluding carboxylic acids is 1. The number of nitrogens with zero attached hydrogens (tertiary/aromatic N) is 4. The number of anilines is 1. The molecule has 5 atom stereocenters. The third-order valence-corrected chi connectivity index (χ3v) is 13.7. The molecule has 5 aromatic rings. The first-order valence-electron chi connectivity index (χ1n) is 22.7. The molecule has 6 rings (SSSR count). The number of carbonyl (C=O) groups is 1. The number of methoxy groups -OCH3 is 3. The second-order valence-electron chi connectivity index (χ2n) is 17.8. The summed E-state index contributed by atoms with van der Waals surface area (Å²) in [6.45, 7) is 14.3. The maximum Gasteiger partial charge on any atom is 0.351 e. The van der Waals surface area contributed by atoms with Crippen LogP contribution in [-0.2, 0) is 39.1 Å². The predicted molar refractivity (Wildman–Crippen MR) is 261 cm³/mol. The lowest BCUT2D eigenvalue weighted by Crippen LogP contribution is -2.43. The van der Waals surface area contributed by atoms with Crippen LogP contribution in [0.3, 0.4) is 0 Å². The molecule has 0 saturated carbocycles. The third kappa shape index (κ3) is 12.3. The summed E-state index contributed by atoms with van der Waals surface area (Å²) >= 11 is 0. The van der Waals surface area contributed by atoms with Crippen LogP contribution in [0.15, 0.2) is 120 Å². The number of hydrogen-bond donors (Lipinski definition) is 1. The molecule has 1 N–H and O–H groups in total. The Morgan fingerprint density at radius 2 is 1.37 bits per heavy atom. The van der Waals surface area contributed by atoms with Gasteiger partial charge in [0.25, 0.3) is 14.4 Å².